The van der Waals surface area contributed by atoms with Crippen LogP contribution in [0.2, 0.25) is 0 Å². The Morgan fingerprint density at radius 1 is 1.23 bits per heavy atom. The van der Waals surface area contributed by atoms with E-state index < -0.39 is 36.5 Å². The number of thiocarbonyl (C=S) groups is 1. The van der Waals surface area contributed by atoms with Gasteiger partial charge in [-0.05, 0) is 31.2 Å². The van der Waals surface area contributed by atoms with E-state index in [-0.39, 0.29) is 11.0 Å². The standard InChI is InChI=1S/C14H17FO6S/c1-7-10(16)12(11(17)13(18-2)19-7)21-14(22)20-9-5-3-8(15)4-6-9/h3-7,10-13,16-17H,1-2H3/t7-,10+,11-,12+,13-/m0/s1. The molecule has 1 aliphatic heterocycles. The monoisotopic (exact) mass is 332 g/mol. The lowest BCUT2D eigenvalue weighted by atomic mass is 10.00. The quantitative estimate of drug-likeness (QED) is 0.799. The van der Waals surface area contributed by atoms with Crippen LogP contribution in [-0.2, 0) is 14.2 Å². The summed E-state index contributed by atoms with van der Waals surface area (Å²) in [4.78, 5) is 0. The molecule has 2 N–H and O–H groups in total. The fourth-order valence-electron chi connectivity index (χ4n) is 2.06. The van der Waals surface area contributed by atoms with Crippen molar-refractivity contribution in [2.24, 2.45) is 0 Å². The maximum Gasteiger partial charge on any atom is 0.358 e. The van der Waals surface area contributed by atoms with Gasteiger partial charge in [-0.2, -0.15) is 0 Å². The second-order valence-corrected chi connectivity index (χ2v) is 5.15. The van der Waals surface area contributed by atoms with Gasteiger partial charge in [-0.15, -0.1) is 0 Å². The number of ether oxygens (including phenoxy) is 4. The summed E-state index contributed by atoms with van der Waals surface area (Å²) < 4.78 is 33.6. The Labute approximate surface area is 132 Å². The summed E-state index contributed by atoms with van der Waals surface area (Å²) in [7, 11) is 1.36. The lowest BCUT2D eigenvalue weighted by molar-refractivity contribution is -0.284. The van der Waals surface area contributed by atoms with Gasteiger partial charge < -0.3 is 29.2 Å². The van der Waals surface area contributed by atoms with Crippen LogP contribution < -0.4 is 4.74 Å². The van der Waals surface area contributed by atoms with Crippen LogP contribution >= 0.6 is 12.2 Å². The van der Waals surface area contributed by atoms with Crippen LogP contribution in [0.3, 0.4) is 0 Å². The molecule has 0 aliphatic carbocycles. The molecule has 2 rings (SSSR count). The van der Waals surface area contributed by atoms with Gasteiger partial charge in [0, 0.05) is 19.3 Å². The number of hydrogen-bond acceptors (Lipinski definition) is 7. The van der Waals surface area contributed by atoms with Crippen LogP contribution in [0.4, 0.5) is 4.39 Å². The number of aliphatic hydroxyl groups excluding tert-OH is 2. The Hall–Kier alpha value is -1.32. The lowest BCUT2D eigenvalue weighted by Gasteiger charge is -2.40. The van der Waals surface area contributed by atoms with Gasteiger partial charge in [0.1, 0.15) is 23.8 Å². The topological polar surface area (TPSA) is 77.4 Å². The number of aliphatic hydroxyl groups is 2. The van der Waals surface area contributed by atoms with Gasteiger partial charge in [0.2, 0.25) is 0 Å². The Kier molecular flexibility index (Phi) is 5.65. The molecule has 0 aromatic heterocycles. The van der Waals surface area contributed by atoms with Gasteiger partial charge in [-0.3, -0.25) is 0 Å². The first kappa shape index (κ1) is 17.0. The SMILES string of the molecule is CO[C@H]1O[C@@H](C)[C@@H](O)[C@@H](OC(=S)Oc2ccc(F)cc2)[C@@H]1O. The van der Waals surface area contributed by atoms with Crippen molar-refractivity contribution in [2.75, 3.05) is 7.11 Å². The number of methoxy groups -OCH3 is 1. The highest BCUT2D eigenvalue weighted by atomic mass is 32.1. The van der Waals surface area contributed by atoms with E-state index in [2.05, 4.69) is 0 Å². The van der Waals surface area contributed by atoms with Gasteiger partial charge >= 0.3 is 5.24 Å². The van der Waals surface area contributed by atoms with E-state index in [0.717, 1.165) is 0 Å². The number of hydrogen-bond donors (Lipinski definition) is 2. The van der Waals surface area contributed by atoms with Gasteiger partial charge in [0.05, 0.1) is 6.10 Å². The summed E-state index contributed by atoms with van der Waals surface area (Å²) in [6.07, 6.45) is -4.99. The molecule has 1 heterocycles. The molecule has 6 nitrogen and oxygen atoms in total. The zero-order valence-corrected chi connectivity index (χ0v) is 12.8. The lowest BCUT2D eigenvalue weighted by Crippen LogP contribution is -2.58. The predicted octanol–water partition coefficient (Wildman–Crippen LogP) is 0.988. The summed E-state index contributed by atoms with van der Waals surface area (Å²) in [5.74, 6) is -0.134. The molecule has 0 bridgehead atoms. The van der Waals surface area contributed by atoms with Crippen molar-refractivity contribution >= 4 is 17.5 Å². The molecule has 1 saturated heterocycles. The van der Waals surface area contributed by atoms with Crippen molar-refractivity contribution in [3.8, 4) is 5.75 Å². The van der Waals surface area contributed by atoms with Crippen LogP contribution in [0.15, 0.2) is 24.3 Å². The first-order chi connectivity index (χ1) is 10.4. The molecule has 1 fully saturated rings. The number of rotatable bonds is 3. The molecule has 0 unspecified atom stereocenters. The van der Waals surface area contributed by atoms with Crippen LogP contribution in [0.1, 0.15) is 6.92 Å². The van der Waals surface area contributed by atoms with Crippen LogP contribution in [0.5, 0.6) is 5.75 Å². The summed E-state index contributed by atoms with van der Waals surface area (Å²) in [5, 5.41) is 19.8. The third kappa shape index (κ3) is 3.90. The fourth-order valence-corrected chi connectivity index (χ4v) is 2.27. The predicted molar refractivity (Wildman–Crippen MR) is 77.9 cm³/mol. The smallest absolute Gasteiger partial charge is 0.358 e. The van der Waals surface area contributed by atoms with Crippen molar-refractivity contribution in [3.05, 3.63) is 30.1 Å². The Bertz CT molecular complexity index is 511. The van der Waals surface area contributed by atoms with Gasteiger partial charge in [-0.1, -0.05) is 0 Å². The molecular formula is C14H17FO6S. The maximum atomic E-state index is 12.8. The zero-order valence-electron chi connectivity index (χ0n) is 12.0. The Morgan fingerprint density at radius 3 is 2.45 bits per heavy atom. The number of halogens is 1. The third-order valence-corrected chi connectivity index (χ3v) is 3.44. The summed E-state index contributed by atoms with van der Waals surface area (Å²) in [6.45, 7) is 1.61. The van der Waals surface area contributed by atoms with Gasteiger partial charge in [-0.25, -0.2) is 4.39 Å². The fraction of sp³-hybridized carbons (Fsp3) is 0.500. The molecule has 0 saturated carbocycles. The molecule has 0 spiro atoms. The minimum atomic E-state index is -1.24. The van der Waals surface area contributed by atoms with Crippen LogP contribution in [-0.4, -0.2) is 53.3 Å². The number of benzene rings is 1. The summed E-state index contributed by atoms with van der Waals surface area (Å²) >= 11 is 4.93. The molecule has 0 amide bonds. The molecule has 8 heteroatoms. The molecule has 1 aliphatic rings. The molecule has 22 heavy (non-hydrogen) atoms. The molecule has 1 aromatic carbocycles. The molecule has 122 valence electrons. The largest absolute Gasteiger partial charge is 0.447 e. The minimum Gasteiger partial charge on any atom is -0.447 e. The van der Waals surface area contributed by atoms with E-state index in [9.17, 15) is 14.6 Å². The van der Waals surface area contributed by atoms with E-state index in [1.54, 1.807) is 6.92 Å². The highest BCUT2D eigenvalue weighted by molar-refractivity contribution is 7.79. The van der Waals surface area contributed by atoms with Crippen molar-refractivity contribution in [1.82, 2.24) is 0 Å². The Morgan fingerprint density at radius 2 is 1.86 bits per heavy atom. The minimum absolute atomic E-state index is 0.277. The molecule has 0 radical (unpaired) electrons. The maximum absolute atomic E-state index is 12.8. The van der Waals surface area contributed by atoms with Crippen molar-refractivity contribution in [2.45, 2.75) is 37.6 Å². The first-order valence-electron chi connectivity index (χ1n) is 6.60. The second kappa shape index (κ2) is 7.30. The van der Waals surface area contributed by atoms with E-state index in [1.807, 2.05) is 0 Å². The van der Waals surface area contributed by atoms with E-state index in [4.69, 9.17) is 31.2 Å². The molecular weight excluding hydrogens is 315 g/mol. The zero-order chi connectivity index (χ0) is 16.3. The van der Waals surface area contributed by atoms with Gasteiger partial charge in [0.25, 0.3) is 0 Å². The average molecular weight is 332 g/mol. The van der Waals surface area contributed by atoms with Crippen LogP contribution in [0, 0.1) is 5.82 Å². The van der Waals surface area contributed by atoms with E-state index in [1.165, 1.54) is 31.4 Å². The van der Waals surface area contributed by atoms with Gasteiger partial charge in [0.15, 0.2) is 12.4 Å². The molecule has 1 aromatic rings. The first-order valence-corrected chi connectivity index (χ1v) is 7.01. The highest BCUT2D eigenvalue weighted by Gasteiger charge is 2.45. The Balaban J connectivity index is 2.00. The highest BCUT2D eigenvalue weighted by Crippen LogP contribution is 2.24. The van der Waals surface area contributed by atoms with Crippen molar-refractivity contribution in [3.63, 3.8) is 0 Å². The van der Waals surface area contributed by atoms with Crippen molar-refractivity contribution in [1.29, 1.82) is 0 Å². The normalized spacial score (nSPS) is 31.6. The summed E-state index contributed by atoms with van der Waals surface area (Å²) in [5.41, 5.74) is 0. The second-order valence-electron chi connectivity index (χ2n) is 4.81. The van der Waals surface area contributed by atoms with Crippen LogP contribution in [0.25, 0.3) is 0 Å². The molecule has 5 atom stereocenters. The average Bonchev–Trinajstić information content (AvgIpc) is 2.49. The van der Waals surface area contributed by atoms with Crippen molar-refractivity contribution < 1.29 is 33.6 Å². The van der Waals surface area contributed by atoms with E-state index in [0.29, 0.717) is 0 Å². The van der Waals surface area contributed by atoms with E-state index >= 15 is 0 Å². The third-order valence-electron chi connectivity index (χ3n) is 3.26. The summed E-state index contributed by atoms with van der Waals surface area (Å²) in [6, 6.07) is 5.17.